The standard InChI is InChI=1S/C14H20N4/c1-5-15-11(3)14-12(4)18(17-16-14)13-8-6-10(2)7-9-13/h6-9,11,15H,5H2,1-4H3. The van der Waals surface area contributed by atoms with Crippen LogP contribution in [0.25, 0.3) is 5.69 Å². The van der Waals surface area contributed by atoms with E-state index < -0.39 is 0 Å². The lowest BCUT2D eigenvalue weighted by molar-refractivity contribution is 0.579. The average Bonchev–Trinajstić information content (AvgIpc) is 2.73. The second-order valence-electron chi connectivity index (χ2n) is 4.59. The van der Waals surface area contributed by atoms with Gasteiger partial charge in [0.25, 0.3) is 0 Å². The van der Waals surface area contributed by atoms with E-state index in [-0.39, 0.29) is 6.04 Å². The van der Waals surface area contributed by atoms with Gasteiger partial charge in [0.15, 0.2) is 0 Å². The van der Waals surface area contributed by atoms with Gasteiger partial charge < -0.3 is 5.32 Å². The van der Waals surface area contributed by atoms with Gasteiger partial charge in [0.2, 0.25) is 0 Å². The summed E-state index contributed by atoms with van der Waals surface area (Å²) in [5, 5.41) is 11.9. The number of aromatic nitrogens is 3. The van der Waals surface area contributed by atoms with Gasteiger partial charge in [-0.15, -0.1) is 5.10 Å². The summed E-state index contributed by atoms with van der Waals surface area (Å²) in [4.78, 5) is 0. The van der Waals surface area contributed by atoms with E-state index in [9.17, 15) is 0 Å². The SMILES string of the molecule is CCNC(C)c1nnn(-c2ccc(C)cc2)c1C. The molecular weight excluding hydrogens is 224 g/mol. The Bertz CT molecular complexity index is 513. The molecule has 0 aliphatic carbocycles. The van der Waals surface area contributed by atoms with Gasteiger partial charge in [-0.3, -0.25) is 0 Å². The van der Waals surface area contributed by atoms with Crippen LogP contribution in [0.5, 0.6) is 0 Å². The number of nitrogens with one attached hydrogen (secondary N) is 1. The monoisotopic (exact) mass is 244 g/mol. The fourth-order valence-electron chi connectivity index (χ4n) is 2.07. The van der Waals surface area contributed by atoms with Crippen molar-refractivity contribution >= 4 is 0 Å². The van der Waals surface area contributed by atoms with Crippen LogP contribution in [0.1, 0.15) is 36.8 Å². The van der Waals surface area contributed by atoms with Gasteiger partial charge in [-0.2, -0.15) is 0 Å². The zero-order valence-electron chi connectivity index (χ0n) is 11.4. The molecule has 1 atom stereocenters. The largest absolute Gasteiger partial charge is 0.309 e. The third kappa shape index (κ3) is 2.43. The highest BCUT2D eigenvalue weighted by atomic mass is 15.4. The van der Waals surface area contributed by atoms with Gasteiger partial charge in [0.1, 0.15) is 5.69 Å². The van der Waals surface area contributed by atoms with Crippen molar-refractivity contribution in [1.29, 1.82) is 0 Å². The molecule has 1 aromatic carbocycles. The first-order valence-electron chi connectivity index (χ1n) is 6.36. The minimum atomic E-state index is 0.231. The summed E-state index contributed by atoms with van der Waals surface area (Å²) in [5.41, 5.74) is 4.41. The summed E-state index contributed by atoms with van der Waals surface area (Å²) in [5.74, 6) is 0. The fourth-order valence-corrected chi connectivity index (χ4v) is 2.07. The minimum Gasteiger partial charge on any atom is -0.309 e. The second kappa shape index (κ2) is 5.31. The molecule has 0 spiro atoms. The van der Waals surface area contributed by atoms with Crippen LogP contribution in [-0.4, -0.2) is 21.5 Å². The molecule has 2 aromatic rings. The van der Waals surface area contributed by atoms with E-state index in [0.717, 1.165) is 23.6 Å². The van der Waals surface area contributed by atoms with Gasteiger partial charge in [0, 0.05) is 0 Å². The van der Waals surface area contributed by atoms with Gasteiger partial charge in [-0.25, -0.2) is 4.68 Å². The molecule has 4 heteroatoms. The van der Waals surface area contributed by atoms with Gasteiger partial charge in [-0.1, -0.05) is 29.8 Å². The minimum absolute atomic E-state index is 0.231. The number of aryl methyl sites for hydroxylation is 1. The molecule has 0 amide bonds. The van der Waals surface area contributed by atoms with E-state index in [1.165, 1.54) is 5.56 Å². The smallest absolute Gasteiger partial charge is 0.103 e. The maximum absolute atomic E-state index is 4.28. The lowest BCUT2D eigenvalue weighted by Crippen LogP contribution is -2.19. The molecule has 1 heterocycles. The van der Waals surface area contributed by atoms with E-state index in [0.29, 0.717) is 0 Å². The van der Waals surface area contributed by atoms with Crippen molar-refractivity contribution in [2.45, 2.75) is 33.7 Å². The lowest BCUT2D eigenvalue weighted by Gasteiger charge is -2.10. The van der Waals surface area contributed by atoms with Crippen LogP contribution >= 0.6 is 0 Å². The fraction of sp³-hybridized carbons (Fsp3) is 0.429. The summed E-state index contributed by atoms with van der Waals surface area (Å²) in [6.45, 7) is 9.27. The first-order valence-corrected chi connectivity index (χ1v) is 6.36. The predicted octanol–water partition coefficient (Wildman–Crippen LogP) is 2.55. The molecule has 96 valence electrons. The molecule has 1 aromatic heterocycles. The second-order valence-corrected chi connectivity index (χ2v) is 4.59. The molecular formula is C14H20N4. The van der Waals surface area contributed by atoms with E-state index in [1.54, 1.807) is 0 Å². The van der Waals surface area contributed by atoms with Gasteiger partial charge in [0.05, 0.1) is 17.4 Å². The van der Waals surface area contributed by atoms with Crippen LogP contribution in [0.15, 0.2) is 24.3 Å². The molecule has 0 aliphatic rings. The molecule has 0 saturated heterocycles. The molecule has 0 fully saturated rings. The van der Waals surface area contributed by atoms with Crippen molar-refractivity contribution in [3.8, 4) is 5.69 Å². The van der Waals surface area contributed by atoms with Crippen LogP contribution in [0, 0.1) is 13.8 Å². The molecule has 1 unspecified atom stereocenters. The zero-order valence-corrected chi connectivity index (χ0v) is 11.4. The Hall–Kier alpha value is -1.68. The Balaban J connectivity index is 2.33. The predicted molar refractivity (Wildman–Crippen MR) is 72.9 cm³/mol. The Morgan fingerprint density at radius 3 is 2.50 bits per heavy atom. The Labute approximate surface area is 108 Å². The number of nitrogens with zero attached hydrogens (tertiary/aromatic N) is 3. The van der Waals surface area contributed by atoms with Crippen molar-refractivity contribution in [2.75, 3.05) is 6.54 Å². The van der Waals surface area contributed by atoms with Crippen molar-refractivity contribution in [3.63, 3.8) is 0 Å². The van der Waals surface area contributed by atoms with E-state index >= 15 is 0 Å². The van der Waals surface area contributed by atoms with Crippen LogP contribution in [0.2, 0.25) is 0 Å². The zero-order chi connectivity index (χ0) is 13.1. The van der Waals surface area contributed by atoms with Crippen LogP contribution in [-0.2, 0) is 0 Å². The molecule has 2 rings (SSSR count). The highest BCUT2D eigenvalue weighted by Crippen LogP contribution is 2.17. The lowest BCUT2D eigenvalue weighted by atomic mass is 10.2. The molecule has 1 N–H and O–H groups in total. The molecule has 0 saturated carbocycles. The van der Waals surface area contributed by atoms with Crippen molar-refractivity contribution in [1.82, 2.24) is 20.3 Å². The molecule has 4 nitrogen and oxygen atoms in total. The highest BCUT2D eigenvalue weighted by Gasteiger charge is 2.15. The summed E-state index contributed by atoms with van der Waals surface area (Å²) >= 11 is 0. The van der Waals surface area contributed by atoms with Gasteiger partial charge >= 0.3 is 0 Å². The molecule has 0 aliphatic heterocycles. The van der Waals surface area contributed by atoms with E-state index in [1.807, 2.05) is 4.68 Å². The van der Waals surface area contributed by atoms with Crippen LogP contribution < -0.4 is 5.32 Å². The summed E-state index contributed by atoms with van der Waals surface area (Å²) in [6, 6.07) is 8.54. The first-order chi connectivity index (χ1) is 8.63. The Morgan fingerprint density at radius 1 is 1.22 bits per heavy atom. The number of rotatable bonds is 4. The van der Waals surface area contributed by atoms with E-state index in [4.69, 9.17) is 0 Å². The van der Waals surface area contributed by atoms with Crippen molar-refractivity contribution in [3.05, 3.63) is 41.2 Å². The van der Waals surface area contributed by atoms with Crippen LogP contribution in [0.4, 0.5) is 0 Å². The first kappa shape index (κ1) is 12.8. The highest BCUT2D eigenvalue weighted by molar-refractivity contribution is 5.35. The summed E-state index contributed by atoms with van der Waals surface area (Å²) in [6.07, 6.45) is 0. The van der Waals surface area contributed by atoms with Crippen LogP contribution in [0.3, 0.4) is 0 Å². The maximum atomic E-state index is 4.28. The topological polar surface area (TPSA) is 42.7 Å². The Kier molecular flexibility index (Phi) is 3.77. The van der Waals surface area contributed by atoms with Crippen molar-refractivity contribution in [2.24, 2.45) is 0 Å². The molecule has 18 heavy (non-hydrogen) atoms. The normalized spacial score (nSPS) is 12.7. The maximum Gasteiger partial charge on any atom is 0.103 e. The molecule has 0 radical (unpaired) electrons. The summed E-state index contributed by atoms with van der Waals surface area (Å²) < 4.78 is 1.89. The van der Waals surface area contributed by atoms with Gasteiger partial charge in [-0.05, 0) is 39.4 Å². The number of hydrogen-bond donors (Lipinski definition) is 1. The summed E-state index contributed by atoms with van der Waals surface area (Å²) in [7, 11) is 0. The average molecular weight is 244 g/mol. The quantitative estimate of drug-likeness (QED) is 0.898. The Morgan fingerprint density at radius 2 is 1.89 bits per heavy atom. The molecule has 0 bridgehead atoms. The number of benzene rings is 1. The third-order valence-corrected chi connectivity index (χ3v) is 3.13. The van der Waals surface area contributed by atoms with Crippen molar-refractivity contribution < 1.29 is 0 Å². The number of hydrogen-bond acceptors (Lipinski definition) is 3. The third-order valence-electron chi connectivity index (χ3n) is 3.13. The van der Waals surface area contributed by atoms with E-state index in [2.05, 4.69) is 67.6 Å².